The first-order valence-electron chi connectivity index (χ1n) is 9.66. The van der Waals surface area contributed by atoms with Gasteiger partial charge in [-0.3, -0.25) is 0 Å². The number of hydrogen-bond donors (Lipinski definition) is 2. The first-order valence-corrected chi connectivity index (χ1v) is 9.66. The third-order valence-electron chi connectivity index (χ3n) is 4.75. The Balaban J connectivity index is 1.90. The van der Waals surface area contributed by atoms with Gasteiger partial charge in [-0.15, -0.1) is 6.58 Å². The number of amides is 3. The molecule has 2 rings (SSSR count). The fourth-order valence-corrected chi connectivity index (χ4v) is 3.54. The van der Waals surface area contributed by atoms with Gasteiger partial charge in [0, 0.05) is 13.1 Å². The average molecular weight is 383 g/mol. The third kappa shape index (κ3) is 6.10. The monoisotopic (exact) mass is 383 g/mol. The molecule has 2 aliphatic heterocycles. The fraction of sp³-hybridized carbons (Fsp3) is 0.789. The highest BCUT2D eigenvalue weighted by molar-refractivity contribution is 5.75. The van der Waals surface area contributed by atoms with E-state index in [1.54, 1.807) is 31.7 Å². The van der Waals surface area contributed by atoms with E-state index in [1.165, 1.54) is 4.90 Å². The Hall–Kier alpha value is -1.80. The summed E-state index contributed by atoms with van der Waals surface area (Å²) in [5.41, 5.74) is -0.605. The highest BCUT2D eigenvalue weighted by Gasteiger charge is 2.38. The summed E-state index contributed by atoms with van der Waals surface area (Å²) >= 11 is 0. The smallest absolute Gasteiger partial charge is 0.410 e. The van der Waals surface area contributed by atoms with E-state index in [-0.39, 0.29) is 12.1 Å². The topological polar surface area (TPSA) is 91.3 Å². The van der Waals surface area contributed by atoms with Crippen LogP contribution in [0.2, 0.25) is 0 Å². The Morgan fingerprint density at radius 1 is 1.26 bits per heavy atom. The molecule has 3 atom stereocenters. The summed E-state index contributed by atoms with van der Waals surface area (Å²) in [5.74, 6) is 0. The lowest BCUT2D eigenvalue weighted by atomic mass is 10.2. The van der Waals surface area contributed by atoms with Gasteiger partial charge >= 0.3 is 12.1 Å². The third-order valence-corrected chi connectivity index (χ3v) is 4.75. The van der Waals surface area contributed by atoms with Crippen molar-refractivity contribution in [1.29, 1.82) is 0 Å². The molecule has 0 spiro atoms. The summed E-state index contributed by atoms with van der Waals surface area (Å²) in [6.07, 6.45) is 3.23. The van der Waals surface area contributed by atoms with Crippen LogP contribution in [0.1, 0.15) is 46.5 Å². The maximum Gasteiger partial charge on any atom is 0.410 e. The van der Waals surface area contributed by atoms with Gasteiger partial charge in [0.15, 0.2) is 0 Å². The van der Waals surface area contributed by atoms with Gasteiger partial charge in [-0.2, -0.15) is 0 Å². The van der Waals surface area contributed by atoms with Crippen molar-refractivity contribution < 1.29 is 24.2 Å². The van der Waals surface area contributed by atoms with Gasteiger partial charge in [-0.1, -0.05) is 6.08 Å². The number of aliphatic hydroxyl groups excluding tert-OH is 1. The molecular formula is C19H33N3O5. The quantitative estimate of drug-likeness (QED) is 0.416. The minimum Gasteiger partial charge on any atom is -0.444 e. The largest absolute Gasteiger partial charge is 0.444 e. The molecule has 2 saturated heterocycles. The number of hydrogen-bond acceptors (Lipinski definition) is 5. The van der Waals surface area contributed by atoms with Crippen LogP contribution >= 0.6 is 0 Å². The van der Waals surface area contributed by atoms with Crippen molar-refractivity contribution in [2.75, 3.05) is 26.3 Å². The maximum atomic E-state index is 12.6. The lowest BCUT2D eigenvalue weighted by molar-refractivity contribution is -0.000381. The Morgan fingerprint density at radius 3 is 2.59 bits per heavy atom. The molecule has 3 amide bonds. The minimum absolute atomic E-state index is 0.0114. The van der Waals surface area contributed by atoms with E-state index in [0.717, 1.165) is 19.3 Å². The normalized spacial score (nSPS) is 24.0. The first kappa shape index (κ1) is 21.5. The van der Waals surface area contributed by atoms with E-state index in [1.807, 2.05) is 0 Å². The number of nitrogens with zero attached hydrogens (tertiary/aromatic N) is 2. The molecule has 0 radical (unpaired) electrons. The van der Waals surface area contributed by atoms with Crippen LogP contribution in [-0.2, 0) is 9.47 Å². The lowest BCUT2D eigenvalue weighted by Gasteiger charge is -2.32. The zero-order valence-electron chi connectivity index (χ0n) is 16.6. The molecule has 0 saturated carbocycles. The van der Waals surface area contributed by atoms with Crippen molar-refractivity contribution in [3.8, 4) is 0 Å². The average Bonchev–Trinajstić information content (AvgIpc) is 3.22. The molecule has 2 N–H and O–H groups in total. The van der Waals surface area contributed by atoms with Crippen LogP contribution < -0.4 is 5.32 Å². The summed E-state index contributed by atoms with van der Waals surface area (Å²) < 4.78 is 10.9. The molecule has 0 aliphatic carbocycles. The number of urea groups is 1. The van der Waals surface area contributed by atoms with Crippen molar-refractivity contribution in [1.82, 2.24) is 15.1 Å². The number of likely N-dealkylation sites (tertiary alicyclic amines) is 2. The maximum absolute atomic E-state index is 12.6. The molecule has 2 heterocycles. The molecule has 154 valence electrons. The van der Waals surface area contributed by atoms with Gasteiger partial charge in [-0.05, 0) is 46.5 Å². The van der Waals surface area contributed by atoms with Gasteiger partial charge < -0.3 is 29.7 Å². The zero-order valence-corrected chi connectivity index (χ0v) is 16.6. The molecular weight excluding hydrogens is 350 g/mol. The van der Waals surface area contributed by atoms with Crippen LogP contribution in [0.5, 0.6) is 0 Å². The summed E-state index contributed by atoms with van der Waals surface area (Å²) in [7, 11) is 0. The summed E-state index contributed by atoms with van der Waals surface area (Å²) in [6, 6.07) is -0.826. The van der Waals surface area contributed by atoms with Crippen molar-refractivity contribution in [2.45, 2.75) is 70.4 Å². The molecule has 27 heavy (non-hydrogen) atoms. The van der Waals surface area contributed by atoms with E-state index in [4.69, 9.17) is 9.47 Å². The first-order chi connectivity index (χ1) is 12.7. The van der Waals surface area contributed by atoms with Crippen molar-refractivity contribution in [2.24, 2.45) is 0 Å². The Bertz CT molecular complexity index is 534. The zero-order chi connectivity index (χ0) is 20.0. The molecule has 0 aromatic rings. The highest BCUT2D eigenvalue weighted by atomic mass is 16.6. The number of rotatable bonds is 6. The molecule has 2 fully saturated rings. The van der Waals surface area contributed by atoms with Crippen molar-refractivity contribution in [3.05, 3.63) is 12.7 Å². The molecule has 0 bridgehead atoms. The van der Waals surface area contributed by atoms with Crippen LogP contribution in [0, 0.1) is 0 Å². The highest BCUT2D eigenvalue weighted by Crippen LogP contribution is 2.23. The van der Waals surface area contributed by atoms with E-state index < -0.39 is 24.0 Å². The van der Waals surface area contributed by atoms with Crippen LogP contribution in [0.3, 0.4) is 0 Å². The van der Waals surface area contributed by atoms with Gasteiger partial charge in [0.05, 0.1) is 25.3 Å². The van der Waals surface area contributed by atoms with Crippen molar-refractivity contribution in [3.63, 3.8) is 0 Å². The summed E-state index contributed by atoms with van der Waals surface area (Å²) in [6.45, 7) is 11.0. The number of aliphatic hydroxyl groups is 1. The Morgan fingerprint density at radius 2 is 1.93 bits per heavy atom. The molecule has 0 aromatic heterocycles. The second kappa shape index (κ2) is 9.41. The molecule has 0 aromatic carbocycles. The number of carbonyl (C=O) groups is 2. The van der Waals surface area contributed by atoms with Gasteiger partial charge in [0.1, 0.15) is 11.8 Å². The van der Waals surface area contributed by atoms with Crippen LogP contribution in [0.25, 0.3) is 0 Å². The van der Waals surface area contributed by atoms with E-state index in [9.17, 15) is 14.7 Å². The summed E-state index contributed by atoms with van der Waals surface area (Å²) in [5, 5.41) is 13.2. The molecule has 1 unspecified atom stereocenters. The van der Waals surface area contributed by atoms with E-state index in [2.05, 4.69) is 11.9 Å². The Kier molecular flexibility index (Phi) is 7.49. The fourth-order valence-electron chi connectivity index (χ4n) is 3.54. The molecule has 2 aliphatic rings. The second-order valence-electron chi connectivity index (χ2n) is 8.09. The number of ether oxygens (including phenoxy) is 2. The second-order valence-corrected chi connectivity index (χ2v) is 8.09. The van der Waals surface area contributed by atoms with Crippen molar-refractivity contribution >= 4 is 12.1 Å². The van der Waals surface area contributed by atoms with Gasteiger partial charge in [0.25, 0.3) is 0 Å². The van der Waals surface area contributed by atoms with Gasteiger partial charge in [0.2, 0.25) is 0 Å². The Labute approximate surface area is 161 Å². The number of carbonyl (C=O) groups excluding carboxylic acids is 2. The SMILES string of the molecule is C=CCOC[C@@H]1CCCN1C(=O)NC(O)[C@@H]1CCCN1C(=O)OC(C)(C)C. The van der Waals surface area contributed by atoms with Crippen LogP contribution in [0.15, 0.2) is 12.7 Å². The predicted octanol–water partition coefficient (Wildman–Crippen LogP) is 2.08. The summed E-state index contributed by atoms with van der Waals surface area (Å²) in [4.78, 5) is 28.2. The van der Waals surface area contributed by atoms with Crippen LogP contribution in [0.4, 0.5) is 9.59 Å². The molecule has 8 heteroatoms. The minimum atomic E-state index is -1.14. The van der Waals surface area contributed by atoms with Gasteiger partial charge in [-0.25, -0.2) is 9.59 Å². The van der Waals surface area contributed by atoms with E-state index >= 15 is 0 Å². The predicted molar refractivity (Wildman–Crippen MR) is 101 cm³/mol. The van der Waals surface area contributed by atoms with E-state index in [0.29, 0.717) is 32.7 Å². The lowest BCUT2D eigenvalue weighted by Crippen LogP contribution is -2.55. The molecule has 8 nitrogen and oxygen atoms in total. The van der Waals surface area contributed by atoms with Crippen LogP contribution in [-0.4, -0.2) is 77.2 Å². The standard InChI is InChI=1S/C19H33N3O5/c1-5-12-26-13-14-8-6-10-21(14)17(24)20-16(23)15-9-7-11-22(15)18(25)27-19(2,3)4/h5,14-16,23H,1,6-13H2,2-4H3,(H,20,24)/t14-,15-,16?/m0/s1. The number of nitrogens with one attached hydrogen (secondary N) is 1.